The lowest BCUT2D eigenvalue weighted by Gasteiger charge is -2.03. The van der Waals surface area contributed by atoms with Crippen molar-refractivity contribution in [3.8, 4) is 0 Å². The van der Waals surface area contributed by atoms with Crippen LogP contribution in [0.5, 0.6) is 0 Å². The van der Waals surface area contributed by atoms with E-state index in [1.54, 1.807) is 6.20 Å². The Morgan fingerprint density at radius 2 is 1.93 bits per heavy atom. The van der Waals surface area contributed by atoms with Crippen molar-refractivity contribution in [2.24, 2.45) is 0 Å². The van der Waals surface area contributed by atoms with Gasteiger partial charge in [-0.1, -0.05) is 0 Å². The first kappa shape index (κ1) is 8.28. The van der Waals surface area contributed by atoms with Gasteiger partial charge in [0.2, 0.25) is 5.65 Å². The van der Waals surface area contributed by atoms with Crippen molar-refractivity contribution in [2.75, 3.05) is 0 Å². The highest BCUT2D eigenvalue weighted by atomic mass is 15.6. The molecule has 0 fully saturated rings. The molecule has 5 heteroatoms. The Bertz CT molecular complexity index is 655. The van der Waals surface area contributed by atoms with Crippen molar-refractivity contribution >= 4 is 16.4 Å². The van der Waals surface area contributed by atoms with Crippen LogP contribution in [0, 0.1) is 13.8 Å². The highest BCUT2D eigenvalue weighted by Crippen LogP contribution is 2.20. The molecule has 0 amide bonds. The van der Waals surface area contributed by atoms with E-state index in [4.69, 9.17) is 0 Å². The van der Waals surface area contributed by atoms with Gasteiger partial charge in [-0.3, -0.25) is 0 Å². The maximum atomic E-state index is 4.12. The Labute approximate surface area is 85.7 Å². The maximum absolute atomic E-state index is 4.12. The summed E-state index contributed by atoms with van der Waals surface area (Å²) in [5.74, 6) is 0. The quantitative estimate of drug-likeness (QED) is 0.547. The average Bonchev–Trinajstić information content (AvgIpc) is 2.68. The summed E-state index contributed by atoms with van der Waals surface area (Å²) < 4.78 is 1.44. The Balaban J connectivity index is 2.57. The average molecular weight is 199 g/mol. The van der Waals surface area contributed by atoms with E-state index in [9.17, 15) is 0 Å². The zero-order chi connectivity index (χ0) is 10.4. The molecule has 0 aliphatic heterocycles. The van der Waals surface area contributed by atoms with E-state index in [1.807, 2.05) is 0 Å². The molecule has 0 atom stereocenters. The number of rotatable bonds is 0. The second-order valence-corrected chi connectivity index (χ2v) is 3.66. The van der Waals surface area contributed by atoms with Gasteiger partial charge in [0.1, 0.15) is 0 Å². The molecule has 0 aliphatic carbocycles. The fraction of sp³-hybridized carbons (Fsp3) is 0.200. The lowest BCUT2D eigenvalue weighted by atomic mass is 10.1. The highest BCUT2D eigenvalue weighted by Gasteiger charge is 2.06. The first-order chi connectivity index (χ1) is 7.25. The Hall–Kier alpha value is -2.04. The number of hydrogen-bond acceptors (Lipinski definition) is 4. The molecule has 0 unspecified atom stereocenters. The van der Waals surface area contributed by atoms with Gasteiger partial charge in [-0.05, 0) is 47.5 Å². The molecule has 0 spiro atoms. The molecule has 0 saturated carbocycles. The summed E-state index contributed by atoms with van der Waals surface area (Å²) >= 11 is 0. The van der Waals surface area contributed by atoms with Crippen molar-refractivity contribution < 1.29 is 0 Å². The van der Waals surface area contributed by atoms with Gasteiger partial charge in [0.25, 0.3) is 0 Å². The monoisotopic (exact) mass is 199 g/mol. The number of tetrazole rings is 1. The third kappa shape index (κ3) is 1.09. The second kappa shape index (κ2) is 2.73. The fourth-order valence-electron chi connectivity index (χ4n) is 1.68. The molecular formula is C10H9N5. The van der Waals surface area contributed by atoms with Crippen LogP contribution in [0.4, 0.5) is 0 Å². The second-order valence-electron chi connectivity index (χ2n) is 3.66. The van der Waals surface area contributed by atoms with Gasteiger partial charge < -0.3 is 0 Å². The first-order valence-corrected chi connectivity index (χ1v) is 4.70. The molecule has 2 aromatic heterocycles. The number of fused-ring (bicyclic) bond motifs is 3. The van der Waals surface area contributed by atoms with Crippen LogP contribution in [0.15, 0.2) is 18.3 Å². The molecule has 3 aromatic rings. The standard InChI is InChI=1S/C10H9N5/c1-6-3-8-5-11-15-10(12-13-14-15)9(8)4-7(6)2/h3-5H,1-2H3. The van der Waals surface area contributed by atoms with Gasteiger partial charge in [-0.2, -0.15) is 5.10 Å². The van der Waals surface area contributed by atoms with E-state index >= 15 is 0 Å². The van der Waals surface area contributed by atoms with Crippen LogP contribution in [0.2, 0.25) is 0 Å². The van der Waals surface area contributed by atoms with E-state index < -0.39 is 0 Å². The van der Waals surface area contributed by atoms with Crippen LogP contribution in [0.25, 0.3) is 16.4 Å². The molecular weight excluding hydrogens is 190 g/mol. The van der Waals surface area contributed by atoms with Gasteiger partial charge in [-0.15, -0.1) is 9.73 Å². The molecule has 1 aromatic carbocycles. The SMILES string of the molecule is Cc1cc2cnn3nnnc3c2cc1C. The van der Waals surface area contributed by atoms with Gasteiger partial charge in [0, 0.05) is 10.8 Å². The van der Waals surface area contributed by atoms with E-state index in [0.29, 0.717) is 5.65 Å². The lowest BCUT2D eigenvalue weighted by molar-refractivity contribution is 0.736. The Morgan fingerprint density at radius 1 is 1.13 bits per heavy atom. The van der Waals surface area contributed by atoms with Crippen molar-refractivity contribution in [2.45, 2.75) is 13.8 Å². The van der Waals surface area contributed by atoms with Crippen LogP contribution >= 0.6 is 0 Å². The molecule has 15 heavy (non-hydrogen) atoms. The number of hydrogen-bond donors (Lipinski definition) is 0. The predicted octanol–water partition coefficient (Wildman–Crippen LogP) is 1.29. The van der Waals surface area contributed by atoms with Crippen LogP contribution in [0.3, 0.4) is 0 Å². The Kier molecular flexibility index (Phi) is 1.50. The van der Waals surface area contributed by atoms with Gasteiger partial charge in [-0.25, -0.2) is 0 Å². The molecule has 0 N–H and O–H groups in total. The molecule has 2 heterocycles. The summed E-state index contributed by atoms with van der Waals surface area (Å²) in [5.41, 5.74) is 3.19. The van der Waals surface area contributed by atoms with E-state index in [2.05, 4.69) is 46.6 Å². The molecule has 0 saturated heterocycles. The van der Waals surface area contributed by atoms with E-state index in [1.165, 1.54) is 15.8 Å². The summed E-state index contributed by atoms with van der Waals surface area (Å²) in [6.07, 6.45) is 1.78. The van der Waals surface area contributed by atoms with Crippen molar-refractivity contribution in [1.29, 1.82) is 0 Å². The van der Waals surface area contributed by atoms with Crippen molar-refractivity contribution in [3.05, 3.63) is 29.5 Å². The van der Waals surface area contributed by atoms with Crippen molar-refractivity contribution in [1.82, 2.24) is 25.3 Å². The number of aromatic nitrogens is 5. The zero-order valence-corrected chi connectivity index (χ0v) is 8.47. The smallest absolute Gasteiger partial charge is 0.155 e. The van der Waals surface area contributed by atoms with Crippen LogP contribution in [-0.4, -0.2) is 25.3 Å². The Morgan fingerprint density at radius 3 is 2.80 bits per heavy atom. The normalized spacial score (nSPS) is 11.3. The summed E-state index contributed by atoms with van der Waals surface area (Å²) in [6.45, 7) is 4.16. The summed E-state index contributed by atoms with van der Waals surface area (Å²) in [7, 11) is 0. The number of aryl methyl sites for hydroxylation is 2. The van der Waals surface area contributed by atoms with Gasteiger partial charge >= 0.3 is 0 Å². The maximum Gasteiger partial charge on any atom is 0.207 e. The molecule has 3 rings (SSSR count). The molecule has 0 radical (unpaired) electrons. The molecule has 74 valence electrons. The van der Waals surface area contributed by atoms with Crippen LogP contribution < -0.4 is 0 Å². The minimum atomic E-state index is 0.704. The summed E-state index contributed by atoms with van der Waals surface area (Å²) in [5, 5.41) is 17.6. The summed E-state index contributed by atoms with van der Waals surface area (Å²) in [4.78, 5) is 0. The first-order valence-electron chi connectivity index (χ1n) is 4.70. The topological polar surface area (TPSA) is 56.0 Å². The minimum absolute atomic E-state index is 0.704. The fourth-order valence-corrected chi connectivity index (χ4v) is 1.68. The van der Waals surface area contributed by atoms with Gasteiger partial charge in [0.15, 0.2) is 0 Å². The van der Waals surface area contributed by atoms with Gasteiger partial charge in [0.05, 0.1) is 6.20 Å². The zero-order valence-electron chi connectivity index (χ0n) is 8.47. The minimum Gasteiger partial charge on any atom is -0.155 e. The summed E-state index contributed by atoms with van der Waals surface area (Å²) in [6, 6.07) is 4.20. The van der Waals surface area contributed by atoms with Crippen LogP contribution in [-0.2, 0) is 0 Å². The lowest BCUT2D eigenvalue weighted by Crippen LogP contribution is -1.95. The van der Waals surface area contributed by atoms with Crippen molar-refractivity contribution in [3.63, 3.8) is 0 Å². The molecule has 5 nitrogen and oxygen atoms in total. The number of nitrogens with zero attached hydrogens (tertiary/aromatic N) is 5. The van der Waals surface area contributed by atoms with E-state index in [0.717, 1.165) is 10.8 Å². The molecule has 0 bridgehead atoms. The largest absolute Gasteiger partial charge is 0.207 e. The van der Waals surface area contributed by atoms with Crippen LogP contribution in [0.1, 0.15) is 11.1 Å². The third-order valence-corrected chi connectivity index (χ3v) is 2.67. The predicted molar refractivity (Wildman–Crippen MR) is 55.6 cm³/mol. The molecule has 0 aliphatic rings. The highest BCUT2D eigenvalue weighted by molar-refractivity contribution is 5.93. The van der Waals surface area contributed by atoms with E-state index in [-0.39, 0.29) is 0 Å². The number of benzene rings is 1. The third-order valence-electron chi connectivity index (χ3n) is 2.67.